The largest absolute Gasteiger partial charge is 0.455 e. The molecule has 0 saturated heterocycles. The highest BCUT2D eigenvalue weighted by molar-refractivity contribution is 7.99. The van der Waals surface area contributed by atoms with Gasteiger partial charge in [-0.1, -0.05) is 139 Å². The third-order valence-corrected chi connectivity index (χ3v) is 15.9. The number of aromatic nitrogens is 3. The second-order valence-corrected chi connectivity index (χ2v) is 20.0. The van der Waals surface area contributed by atoms with Gasteiger partial charge in [0, 0.05) is 59.2 Å². The summed E-state index contributed by atoms with van der Waals surface area (Å²) in [5.41, 5.74) is 18.1. The van der Waals surface area contributed by atoms with E-state index in [9.17, 15) is 0 Å². The minimum absolute atomic E-state index is 0.898. The molecule has 0 aliphatic heterocycles. The van der Waals surface area contributed by atoms with Crippen LogP contribution in [0.1, 0.15) is 5.56 Å². The predicted molar refractivity (Wildman–Crippen MR) is 303 cm³/mol. The zero-order valence-corrected chi connectivity index (χ0v) is 40.1. The lowest BCUT2D eigenvalue weighted by atomic mass is 9.99. The third-order valence-electron chi connectivity index (χ3n) is 14.8. The van der Waals surface area contributed by atoms with Crippen molar-refractivity contribution in [2.45, 2.75) is 16.7 Å². The maximum Gasteiger partial charge on any atom is 0.145 e. The Labute approximate surface area is 419 Å². The third kappa shape index (κ3) is 6.14. The number of benzene rings is 11. The van der Waals surface area contributed by atoms with E-state index in [0.717, 1.165) is 88.2 Å². The summed E-state index contributed by atoms with van der Waals surface area (Å²) in [5, 5.41) is 9.22. The fraction of sp³-hybridized carbons (Fsp3) is 0.0149. The maximum absolute atomic E-state index is 7.44. The number of fused-ring (bicyclic) bond motifs is 14. The molecule has 15 rings (SSSR count). The van der Waals surface area contributed by atoms with Crippen LogP contribution in [0.5, 0.6) is 0 Å². The first-order chi connectivity index (χ1) is 35.6. The quantitative estimate of drug-likeness (QED) is 0.159. The van der Waals surface area contributed by atoms with Gasteiger partial charge in [-0.15, -0.1) is 0 Å². The normalized spacial score (nSPS) is 12.0. The minimum atomic E-state index is 0.898. The molecule has 4 aromatic heterocycles. The van der Waals surface area contributed by atoms with Gasteiger partial charge in [-0.3, -0.25) is 0 Å². The average Bonchev–Trinajstić information content (AvgIpc) is 4.18. The van der Waals surface area contributed by atoms with Crippen molar-refractivity contribution in [1.82, 2.24) is 13.7 Å². The van der Waals surface area contributed by atoms with E-state index in [1.807, 2.05) is 11.8 Å². The van der Waals surface area contributed by atoms with Gasteiger partial charge in [0.2, 0.25) is 0 Å². The van der Waals surface area contributed by atoms with Gasteiger partial charge in [0.1, 0.15) is 11.2 Å². The monoisotopic (exact) mass is 937 g/mol. The highest BCUT2D eigenvalue weighted by atomic mass is 32.2. The molecule has 0 spiro atoms. The van der Waals surface area contributed by atoms with Gasteiger partial charge < -0.3 is 18.1 Å². The molecule has 4 nitrogen and oxygen atoms in total. The van der Waals surface area contributed by atoms with Crippen molar-refractivity contribution in [1.29, 1.82) is 0 Å². The Morgan fingerprint density at radius 3 is 1.49 bits per heavy atom. The molecule has 0 aliphatic carbocycles. The highest BCUT2D eigenvalue weighted by Crippen LogP contribution is 2.47. The van der Waals surface area contributed by atoms with Crippen LogP contribution in [0.2, 0.25) is 0 Å². The van der Waals surface area contributed by atoms with Crippen LogP contribution >= 0.6 is 11.8 Å². The maximum atomic E-state index is 7.44. The number of hydrogen-bond donors (Lipinski definition) is 0. The highest BCUT2D eigenvalue weighted by Gasteiger charge is 2.24. The molecule has 0 saturated carbocycles. The second-order valence-electron chi connectivity index (χ2n) is 18.9. The summed E-state index contributed by atoms with van der Waals surface area (Å²) in [5.74, 6) is 0. The first kappa shape index (κ1) is 40.8. The fourth-order valence-corrected chi connectivity index (χ4v) is 12.6. The van der Waals surface area contributed by atoms with E-state index in [2.05, 4.69) is 263 Å². The van der Waals surface area contributed by atoms with E-state index in [-0.39, 0.29) is 0 Å². The van der Waals surface area contributed by atoms with E-state index in [0.29, 0.717) is 0 Å². The number of rotatable bonds is 7. The zero-order valence-electron chi connectivity index (χ0n) is 39.3. The summed E-state index contributed by atoms with van der Waals surface area (Å²) >= 11 is 1.81. The van der Waals surface area contributed by atoms with E-state index in [4.69, 9.17) is 4.42 Å². The van der Waals surface area contributed by atoms with Gasteiger partial charge in [0.25, 0.3) is 0 Å². The van der Waals surface area contributed by atoms with E-state index in [1.165, 1.54) is 53.9 Å². The molecule has 11 aromatic carbocycles. The number of aryl methyl sites for hydroxylation is 1. The van der Waals surface area contributed by atoms with Crippen LogP contribution in [0.3, 0.4) is 0 Å². The number of para-hydroxylation sites is 4. The first-order valence-electron chi connectivity index (χ1n) is 24.6. The van der Waals surface area contributed by atoms with Gasteiger partial charge >= 0.3 is 0 Å². The van der Waals surface area contributed by atoms with Crippen LogP contribution in [0.25, 0.3) is 127 Å². The van der Waals surface area contributed by atoms with Gasteiger partial charge in [0.05, 0.1) is 43.9 Å². The SMILES string of the molecule is Cc1ccc(-n2c3ccccc3c3c4oc5c(ccc6c5c5cc(-c7ccc8c(c7)c7ccccc7n8-c7ccccc7)ccc5n6-c5ccccc5)c4ccc32)cc1-c1ccccc1Sc1ccccc1. The van der Waals surface area contributed by atoms with Gasteiger partial charge in [0.15, 0.2) is 0 Å². The molecule has 0 radical (unpaired) electrons. The Morgan fingerprint density at radius 2 is 0.806 bits per heavy atom. The van der Waals surface area contributed by atoms with Crippen LogP contribution in [0.15, 0.2) is 257 Å². The van der Waals surface area contributed by atoms with Crippen molar-refractivity contribution in [2.75, 3.05) is 0 Å². The topological polar surface area (TPSA) is 27.9 Å². The van der Waals surface area contributed by atoms with Crippen molar-refractivity contribution in [3.63, 3.8) is 0 Å². The summed E-state index contributed by atoms with van der Waals surface area (Å²) in [4.78, 5) is 2.45. The number of furan rings is 1. The van der Waals surface area contributed by atoms with Crippen LogP contribution < -0.4 is 0 Å². The molecule has 5 heteroatoms. The lowest BCUT2D eigenvalue weighted by molar-refractivity contribution is 0.677. The summed E-state index contributed by atoms with van der Waals surface area (Å²) in [6.07, 6.45) is 0. The zero-order chi connectivity index (χ0) is 47.4. The molecule has 0 fully saturated rings. The lowest BCUT2D eigenvalue weighted by Gasteiger charge is -2.15. The Balaban J connectivity index is 0.943. The number of nitrogens with zero attached hydrogens (tertiary/aromatic N) is 3. The summed E-state index contributed by atoms with van der Waals surface area (Å²) in [7, 11) is 0. The van der Waals surface area contributed by atoms with Crippen LogP contribution in [0, 0.1) is 6.92 Å². The fourth-order valence-electron chi connectivity index (χ4n) is 11.6. The van der Waals surface area contributed by atoms with E-state index >= 15 is 0 Å². The molecule has 15 aromatic rings. The van der Waals surface area contributed by atoms with Crippen molar-refractivity contribution >= 4 is 99.1 Å². The lowest BCUT2D eigenvalue weighted by Crippen LogP contribution is -1.96. The average molecular weight is 938 g/mol. The molecule has 0 bridgehead atoms. The Bertz CT molecular complexity index is 4650. The van der Waals surface area contributed by atoms with Crippen LogP contribution in [-0.4, -0.2) is 13.7 Å². The van der Waals surface area contributed by atoms with Crippen molar-refractivity contribution in [2.24, 2.45) is 0 Å². The molecule has 0 atom stereocenters. The van der Waals surface area contributed by atoms with Gasteiger partial charge in [-0.25, -0.2) is 0 Å². The van der Waals surface area contributed by atoms with Crippen LogP contribution in [0.4, 0.5) is 0 Å². The molecular weight excluding hydrogens is 895 g/mol. The standard InChI is InChI=1S/C67H43N3OS/c1-42-29-32-47(41-54(42)50-24-13-16-28-63(50)72-48-21-9-4-10-22-48)70-58-27-15-12-25-53(58)64-61(70)37-33-51-52-34-38-62-65(67(52)71-66(51)64)56-40-44(31-36-60(56)69(62)46-19-7-3-8-20-46)43-30-35-59-55(39-43)49-23-11-14-26-57(49)68(59)45-17-5-2-6-18-45/h2-41H,1H3. The van der Waals surface area contributed by atoms with E-state index in [1.54, 1.807) is 0 Å². The van der Waals surface area contributed by atoms with Crippen molar-refractivity contribution in [3.8, 4) is 39.3 Å². The van der Waals surface area contributed by atoms with Crippen molar-refractivity contribution < 1.29 is 4.42 Å². The predicted octanol–water partition coefficient (Wildman–Crippen LogP) is 18.7. The minimum Gasteiger partial charge on any atom is -0.455 e. The molecule has 0 amide bonds. The summed E-state index contributed by atoms with van der Waals surface area (Å²) in [6, 6.07) is 88.3. The molecule has 72 heavy (non-hydrogen) atoms. The first-order valence-corrected chi connectivity index (χ1v) is 25.4. The summed E-state index contributed by atoms with van der Waals surface area (Å²) in [6.45, 7) is 2.22. The molecule has 0 aliphatic rings. The molecule has 0 unspecified atom stereocenters. The second kappa shape index (κ2) is 16.0. The van der Waals surface area contributed by atoms with Crippen molar-refractivity contribution in [3.05, 3.63) is 248 Å². The van der Waals surface area contributed by atoms with Gasteiger partial charge in [-0.05, 0) is 150 Å². The molecule has 338 valence electrons. The van der Waals surface area contributed by atoms with Crippen LogP contribution in [-0.2, 0) is 0 Å². The Kier molecular flexibility index (Phi) is 9.07. The molecule has 0 N–H and O–H groups in total. The van der Waals surface area contributed by atoms with E-state index < -0.39 is 0 Å². The Morgan fingerprint density at radius 1 is 0.319 bits per heavy atom. The Hall–Kier alpha value is -9.03. The molecule has 4 heterocycles. The smallest absolute Gasteiger partial charge is 0.145 e. The van der Waals surface area contributed by atoms with Gasteiger partial charge in [-0.2, -0.15) is 0 Å². The summed E-state index contributed by atoms with van der Waals surface area (Å²) < 4.78 is 14.6. The number of hydrogen-bond acceptors (Lipinski definition) is 2. The molecular formula is C67H43N3OS.